The van der Waals surface area contributed by atoms with E-state index in [1.165, 1.54) is 6.92 Å². The van der Waals surface area contributed by atoms with Crippen LogP contribution in [0, 0.1) is 23.7 Å². The molecule has 26 heavy (non-hydrogen) atoms. The second-order valence-corrected chi connectivity index (χ2v) is 7.68. The Kier molecular flexibility index (Phi) is 5.75. The van der Waals surface area contributed by atoms with Gasteiger partial charge in [0, 0.05) is 12.8 Å². The van der Waals surface area contributed by atoms with Gasteiger partial charge in [0.1, 0.15) is 18.0 Å². The number of fused-ring (bicyclic) bond motifs is 2. The molecule has 2 saturated heterocycles. The Labute approximate surface area is 151 Å². The number of esters is 2. The van der Waals surface area contributed by atoms with Crippen LogP contribution in [0.5, 0.6) is 0 Å². The summed E-state index contributed by atoms with van der Waals surface area (Å²) in [6.45, 7) is 8.21. The van der Waals surface area contributed by atoms with E-state index in [1.807, 2.05) is 0 Å². The Bertz CT molecular complexity index is 585. The summed E-state index contributed by atoms with van der Waals surface area (Å²) in [6, 6.07) is 0. The van der Waals surface area contributed by atoms with Gasteiger partial charge < -0.3 is 14.2 Å². The highest BCUT2D eigenvalue weighted by atomic mass is 19.3. The number of carbonyl (C=O) groups is 3. The summed E-state index contributed by atoms with van der Waals surface area (Å²) in [5, 5.41) is 0. The number of ether oxygens (including phenoxy) is 3. The third kappa shape index (κ3) is 3.75. The van der Waals surface area contributed by atoms with Crippen molar-refractivity contribution in [3.8, 4) is 0 Å². The molecule has 0 radical (unpaired) electrons. The largest absolute Gasteiger partial charge is 0.459 e. The van der Waals surface area contributed by atoms with Gasteiger partial charge in [0.15, 0.2) is 6.10 Å². The number of alkyl halides is 2. The molecule has 0 aromatic carbocycles. The summed E-state index contributed by atoms with van der Waals surface area (Å²) in [5.74, 6) is -7.38. The quantitative estimate of drug-likeness (QED) is 0.663. The van der Waals surface area contributed by atoms with Crippen molar-refractivity contribution < 1.29 is 37.4 Å². The van der Waals surface area contributed by atoms with Crippen molar-refractivity contribution in [2.75, 3.05) is 0 Å². The van der Waals surface area contributed by atoms with E-state index in [0.717, 1.165) is 6.92 Å². The van der Waals surface area contributed by atoms with Gasteiger partial charge in [0.05, 0.1) is 23.9 Å². The van der Waals surface area contributed by atoms with Gasteiger partial charge in [-0.1, -0.05) is 20.8 Å². The molecule has 8 heteroatoms. The molecule has 0 amide bonds. The minimum absolute atomic E-state index is 0.282. The fraction of sp³-hybridized carbons (Fsp3) is 0.833. The van der Waals surface area contributed by atoms with E-state index in [9.17, 15) is 23.2 Å². The van der Waals surface area contributed by atoms with Gasteiger partial charge in [0.2, 0.25) is 0 Å². The number of Topliss-reactive ketones (excluding diaryl/α,β-unsaturated/α-hetero) is 1. The van der Waals surface area contributed by atoms with Gasteiger partial charge in [-0.2, -0.15) is 0 Å². The molecule has 2 rings (SSSR count). The zero-order valence-corrected chi connectivity index (χ0v) is 15.8. The normalized spacial score (nSPS) is 34.7. The topological polar surface area (TPSA) is 78.9 Å². The zero-order chi connectivity index (χ0) is 20.0. The van der Waals surface area contributed by atoms with Crippen molar-refractivity contribution in [1.82, 2.24) is 0 Å². The van der Waals surface area contributed by atoms with Crippen molar-refractivity contribution in [2.24, 2.45) is 23.7 Å². The number of hydrogen-bond donors (Lipinski definition) is 0. The second kappa shape index (κ2) is 7.21. The Morgan fingerprint density at radius 2 is 1.65 bits per heavy atom. The smallest absolute Gasteiger partial charge is 0.313 e. The van der Waals surface area contributed by atoms with E-state index in [2.05, 4.69) is 0 Å². The molecule has 0 spiro atoms. The van der Waals surface area contributed by atoms with Gasteiger partial charge in [0.25, 0.3) is 5.92 Å². The highest BCUT2D eigenvalue weighted by molar-refractivity contribution is 5.87. The number of hydrogen-bond acceptors (Lipinski definition) is 6. The fourth-order valence-corrected chi connectivity index (χ4v) is 3.54. The SMILES string of the molecule is CC(=O)C1C2OC(C(OC(=O)C(C)C)C2C)C1C(=O)OC(C)C(C)(F)F. The third-order valence-electron chi connectivity index (χ3n) is 5.24. The van der Waals surface area contributed by atoms with Gasteiger partial charge in [-0.25, -0.2) is 8.78 Å². The van der Waals surface area contributed by atoms with Gasteiger partial charge in [-0.3, -0.25) is 14.4 Å². The highest BCUT2D eigenvalue weighted by Crippen LogP contribution is 2.49. The average molecular weight is 376 g/mol. The van der Waals surface area contributed by atoms with Crippen molar-refractivity contribution >= 4 is 17.7 Å². The maximum atomic E-state index is 13.4. The molecule has 0 N–H and O–H groups in total. The molecule has 6 nitrogen and oxygen atoms in total. The zero-order valence-electron chi connectivity index (χ0n) is 15.8. The Morgan fingerprint density at radius 3 is 2.12 bits per heavy atom. The predicted molar refractivity (Wildman–Crippen MR) is 86.4 cm³/mol. The molecule has 7 unspecified atom stereocenters. The van der Waals surface area contributed by atoms with Crippen molar-refractivity contribution in [2.45, 2.75) is 71.9 Å². The standard InChI is InChI=1S/C18H26F2O6/c1-7(2)16(22)26-14-8(3)13-11(9(4)21)12(15(14)25-13)17(23)24-10(5)18(6,19)20/h7-8,10-15H,1-6H3. The third-order valence-corrected chi connectivity index (χ3v) is 5.24. The first-order chi connectivity index (χ1) is 11.9. The summed E-state index contributed by atoms with van der Waals surface area (Å²) in [4.78, 5) is 36.6. The fourth-order valence-electron chi connectivity index (χ4n) is 3.54. The first-order valence-electron chi connectivity index (χ1n) is 8.81. The Morgan fingerprint density at radius 1 is 1.08 bits per heavy atom. The van der Waals surface area contributed by atoms with Crippen LogP contribution in [0.3, 0.4) is 0 Å². The maximum absolute atomic E-state index is 13.4. The number of halogens is 2. The lowest BCUT2D eigenvalue weighted by atomic mass is 9.71. The first-order valence-corrected chi connectivity index (χ1v) is 8.81. The summed E-state index contributed by atoms with van der Waals surface area (Å²) < 4.78 is 42.9. The lowest BCUT2D eigenvalue weighted by Crippen LogP contribution is -2.51. The van der Waals surface area contributed by atoms with Crippen molar-refractivity contribution in [3.05, 3.63) is 0 Å². The van der Waals surface area contributed by atoms with E-state index in [0.29, 0.717) is 6.92 Å². The van der Waals surface area contributed by atoms with E-state index in [1.54, 1.807) is 20.8 Å². The van der Waals surface area contributed by atoms with Crippen LogP contribution in [0.1, 0.15) is 41.5 Å². The van der Waals surface area contributed by atoms with Crippen molar-refractivity contribution in [3.63, 3.8) is 0 Å². The van der Waals surface area contributed by atoms with Crippen LogP contribution in [0.25, 0.3) is 0 Å². The molecular formula is C18H26F2O6. The molecule has 2 fully saturated rings. The van der Waals surface area contributed by atoms with Gasteiger partial charge >= 0.3 is 11.9 Å². The van der Waals surface area contributed by atoms with Crippen LogP contribution >= 0.6 is 0 Å². The minimum Gasteiger partial charge on any atom is -0.459 e. The van der Waals surface area contributed by atoms with Gasteiger partial charge in [-0.15, -0.1) is 0 Å². The van der Waals surface area contributed by atoms with Crippen LogP contribution in [-0.4, -0.2) is 48.1 Å². The summed E-state index contributed by atoms with van der Waals surface area (Å²) in [7, 11) is 0. The molecule has 2 bridgehead atoms. The molecule has 2 aliphatic heterocycles. The Hall–Kier alpha value is -1.57. The highest BCUT2D eigenvalue weighted by Gasteiger charge is 2.64. The number of carbonyl (C=O) groups excluding carboxylic acids is 3. The molecule has 7 atom stereocenters. The van der Waals surface area contributed by atoms with E-state index in [-0.39, 0.29) is 17.6 Å². The molecule has 2 aliphatic rings. The van der Waals surface area contributed by atoms with E-state index < -0.39 is 54.1 Å². The predicted octanol–water partition coefficient (Wildman–Crippen LogP) is 2.38. The molecule has 0 aromatic heterocycles. The number of ketones is 1. The summed E-state index contributed by atoms with van der Waals surface area (Å²) >= 11 is 0. The second-order valence-electron chi connectivity index (χ2n) is 7.68. The molecule has 0 aromatic rings. The molecule has 0 aliphatic carbocycles. The average Bonchev–Trinajstić information content (AvgIpc) is 3.03. The van der Waals surface area contributed by atoms with Crippen LogP contribution in [-0.2, 0) is 28.6 Å². The van der Waals surface area contributed by atoms with E-state index >= 15 is 0 Å². The monoisotopic (exact) mass is 376 g/mol. The van der Waals surface area contributed by atoms with E-state index in [4.69, 9.17) is 14.2 Å². The minimum atomic E-state index is -3.21. The molecule has 0 saturated carbocycles. The first kappa shape index (κ1) is 20.7. The van der Waals surface area contributed by atoms with Crippen LogP contribution in [0.2, 0.25) is 0 Å². The molecule has 2 heterocycles. The van der Waals surface area contributed by atoms with Crippen LogP contribution < -0.4 is 0 Å². The van der Waals surface area contributed by atoms with Gasteiger partial charge in [-0.05, 0) is 13.8 Å². The summed E-state index contributed by atoms with van der Waals surface area (Å²) in [5.41, 5.74) is 0. The molecule has 148 valence electrons. The molecular weight excluding hydrogens is 350 g/mol. The maximum Gasteiger partial charge on any atom is 0.313 e. The summed E-state index contributed by atoms with van der Waals surface area (Å²) in [6.07, 6.45) is -3.86. The number of rotatable bonds is 6. The Balaban J connectivity index is 2.23. The lowest BCUT2D eigenvalue weighted by molar-refractivity contribution is -0.180. The van der Waals surface area contributed by atoms with Crippen molar-refractivity contribution in [1.29, 1.82) is 0 Å². The van der Waals surface area contributed by atoms with Crippen LogP contribution in [0.4, 0.5) is 8.78 Å². The lowest BCUT2D eigenvalue weighted by Gasteiger charge is -2.34. The van der Waals surface area contributed by atoms with Crippen LogP contribution in [0.15, 0.2) is 0 Å².